The van der Waals surface area contributed by atoms with E-state index in [9.17, 15) is 4.79 Å². The molecule has 0 atom stereocenters. The quantitative estimate of drug-likeness (QED) is 0.756. The molecule has 2 aromatic rings. The molecule has 4 N–H and O–H groups in total. The normalized spacial score (nSPS) is 10.0. The van der Waals surface area contributed by atoms with Crippen molar-refractivity contribution < 1.29 is 9.53 Å². The average molecular weight is 285 g/mol. The topological polar surface area (TPSA) is 76.4 Å². The standard InChI is InChI=1S/C16H19N3O2/c1-11-3-8-15(14(17)9-11)19-16(20)18-10-12-4-6-13(21-2)7-5-12/h3-9H,10,17H2,1-2H3,(H2,18,19,20). The summed E-state index contributed by atoms with van der Waals surface area (Å²) in [5.41, 5.74) is 9.05. The van der Waals surface area contributed by atoms with E-state index in [1.54, 1.807) is 13.2 Å². The molecule has 0 bridgehead atoms. The molecule has 0 saturated heterocycles. The van der Waals surface area contributed by atoms with E-state index in [0.29, 0.717) is 17.9 Å². The van der Waals surface area contributed by atoms with Crippen LogP contribution in [0.1, 0.15) is 11.1 Å². The number of carbonyl (C=O) groups excluding carboxylic acids is 1. The lowest BCUT2D eigenvalue weighted by molar-refractivity contribution is 0.252. The largest absolute Gasteiger partial charge is 0.497 e. The fraction of sp³-hybridized carbons (Fsp3) is 0.188. The third-order valence-electron chi connectivity index (χ3n) is 3.07. The van der Waals surface area contributed by atoms with Crippen molar-refractivity contribution in [1.29, 1.82) is 0 Å². The Labute approximate surface area is 124 Å². The molecule has 0 saturated carbocycles. The Bertz CT molecular complexity index is 624. The summed E-state index contributed by atoms with van der Waals surface area (Å²) in [6.45, 7) is 2.38. The lowest BCUT2D eigenvalue weighted by atomic mass is 10.2. The number of methoxy groups -OCH3 is 1. The lowest BCUT2D eigenvalue weighted by Crippen LogP contribution is -2.28. The third-order valence-corrected chi connectivity index (χ3v) is 3.07. The maximum absolute atomic E-state index is 11.8. The van der Waals surface area contributed by atoms with Gasteiger partial charge in [0.15, 0.2) is 0 Å². The van der Waals surface area contributed by atoms with Gasteiger partial charge in [0.2, 0.25) is 0 Å². The Kier molecular flexibility index (Phi) is 4.66. The average Bonchev–Trinajstić information content (AvgIpc) is 2.48. The van der Waals surface area contributed by atoms with Crippen molar-refractivity contribution in [3.63, 3.8) is 0 Å². The summed E-state index contributed by atoms with van der Waals surface area (Å²) in [5, 5.41) is 5.51. The molecule has 2 aromatic carbocycles. The number of nitrogen functional groups attached to an aromatic ring is 1. The number of hydrogen-bond donors (Lipinski definition) is 3. The highest BCUT2D eigenvalue weighted by molar-refractivity contribution is 5.92. The van der Waals surface area contributed by atoms with Gasteiger partial charge >= 0.3 is 6.03 Å². The van der Waals surface area contributed by atoms with E-state index in [-0.39, 0.29) is 6.03 Å². The highest BCUT2D eigenvalue weighted by atomic mass is 16.5. The molecule has 2 amide bonds. The molecule has 0 spiro atoms. The number of hydrogen-bond acceptors (Lipinski definition) is 3. The van der Waals surface area contributed by atoms with Crippen molar-refractivity contribution in [2.24, 2.45) is 0 Å². The van der Waals surface area contributed by atoms with Gasteiger partial charge in [-0.25, -0.2) is 4.79 Å². The van der Waals surface area contributed by atoms with Crippen molar-refractivity contribution >= 4 is 17.4 Å². The number of amides is 2. The van der Waals surface area contributed by atoms with Gasteiger partial charge in [-0.15, -0.1) is 0 Å². The summed E-state index contributed by atoms with van der Waals surface area (Å²) in [4.78, 5) is 11.8. The highest BCUT2D eigenvalue weighted by Crippen LogP contribution is 2.19. The van der Waals surface area contributed by atoms with E-state index in [2.05, 4.69) is 10.6 Å². The number of ether oxygens (including phenoxy) is 1. The summed E-state index contributed by atoms with van der Waals surface area (Å²) in [5.74, 6) is 0.788. The predicted octanol–water partition coefficient (Wildman–Crippen LogP) is 2.91. The van der Waals surface area contributed by atoms with Crippen LogP contribution in [0.5, 0.6) is 5.75 Å². The first kappa shape index (κ1) is 14.7. The Morgan fingerprint density at radius 2 is 1.90 bits per heavy atom. The van der Waals surface area contributed by atoms with E-state index in [4.69, 9.17) is 10.5 Å². The summed E-state index contributed by atoms with van der Waals surface area (Å²) in [6.07, 6.45) is 0. The van der Waals surface area contributed by atoms with Crippen LogP contribution in [0.25, 0.3) is 0 Å². The molecule has 5 nitrogen and oxygen atoms in total. The molecule has 0 unspecified atom stereocenters. The smallest absolute Gasteiger partial charge is 0.319 e. The van der Waals surface area contributed by atoms with Gasteiger partial charge in [0.1, 0.15) is 5.75 Å². The number of nitrogens with two attached hydrogens (primary N) is 1. The van der Waals surface area contributed by atoms with Gasteiger partial charge in [0.05, 0.1) is 18.5 Å². The number of carbonyl (C=O) groups is 1. The first-order valence-corrected chi connectivity index (χ1v) is 6.62. The maximum Gasteiger partial charge on any atom is 0.319 e. The zero-order valence-corrected chi connectivity index (χ0v) is 12.1. The van der Waals surface area contributed by atoms with Crippen molar-refractivity contribution in [3.05, 3.63) is 53.6 Å². The summed E-state index contributed by atoms with van der Waals surface area (Å²) >= 11 is 0. The molecule has 0 heterocycles. The minimum atomic E-state index is -0.290. The molecular formula is C16H19N3O2. The molecule has 5 heteroatoms. The SMILES string of the molecule is COc1ccc(CNC(=O)Nc2ccc(C)cc2N)cc1. The number of anilines is 2. The zero-order chi connectivity index (χ0) is 15.2. The summed E-state index contributed by atoms with van der Waals surface area (Å²) < 4.78 is 5.08. The maximum atomic E-state index is 11.8. The van der Waals surface area contributed by atoms with Crippen LogP contribution in [-0.4, -0.2) is 13.1 Å². The monoisotopic (exact) mass is 285 g/mol. The fourth-order valence-electron chi connectivity index (χ4n) is 1.89. The van der Waals surface area contributed by atoms with Crippen LogP contribution in [0.2, 0.25) is 0 Å². The number of nitrogens with one attached hydrogen (secondary N) is 2. The van der Waals surface area contributed by atoms with Gasteiger partial charge in [0, 0.05) is 6.54 Å². The Morgan fingerprint density at radius 3 is 2.52 bits per heavy atom. The van der Waals surface area contributed by atoms with Crippen molar-refractivity contribution in [1.82, 2.24) is 5.32 Å². The van der Waals surface area contributed by atoms with Crippen LogP contribution in [-0.2, 0) is 6.54 Å². The zero-order valence-electron chi connectivity index (χ0n) is 12.1. The highest BCUT2D eigenvalue weighted by Gasteiger charge is 2.05. The second-order valence-electron chi connectivity index (χ2n) is 4.75. The fourth-order valence-corrected chi connectivity index (χ4v) is 1.89. The molecule has 0 aliphatic carbocycles. The van der Waals surface area contributed by atoms with Crippen molar-refractivity contribution in [3.8, 4) is 5.75 Å². The molecule has 21 heavy (non-hydrogen) atoms. The van der Waals surface area contributed by atoms with E-state index in [0.717, 1.165) is 16.9 Å². The molecule has 0 radical (unpaired) electrons. The van der Waals surface area contributed by atoms with Crippen LogP contribution in [0, 0.1) is 6.92 Å². The summed E-state index contributed by atoms with van der Waals surface area (Å²) in [7, 11) is 1.62. The first-order valence-electron chi connectivity index (χ1n) is 6.62. The third kappa shape index (κ3) is 4.14. The predicted molar refractivity (Wildman–Crippen MR) is 84.4 cm³/mol. The number of rotatable bonds is 4. The first-order chi connectivity index (χ1) is 10.1. The summed E-state index contributed by atoms with van der Waals surface area (Å²) in [6, 6.07) is 12.7. The van der Waals surface area contributed by atoms with Crippen LogP contribution < -0.4 is 21.1 Å². The second-order valence-corrected chi connectivity index (χ2v) is 4.75. The Hall–Kier alpha value is -2.69. The number of benzene rings is 2. The molecule has 0 aliphatic heterocycles. The van der Waals surface area contributed by atoms with E-state index < -0.39 is 0 Å². The van der Waals surface area contributed by atoms with E-state index in [1.165, 1.54) is 0 Å². The van der Waals surface area contributed by atoms with Crippen LogP contribution in [0.3, 0.4) is 0 Å². The van der Waals surface area contributed by atoms with Gasteiger partial charge in [-0.1, -0.05) is 18.2 Å². The van der Waals surface area contributed by atoms with Crippen molar-refractivity contribution in [2.45, 2.75) is 13.5 Å². The molecule has 0 aromatic heterocycles. The molecule has 110 valence electrons. The molecular weight excluding hydrogens is 266 g/mol. The van der Waals surface area contributed by atoms with Gasteiger partial charge in [-0.05, 0) is 42.3 Å². The molecule has 2 rings (SSSR count). The van der Waals surface area contributed by atoms with Gasteiger partial charge in [-0.2, -0.15) is 0 Å². The van der Waals surface area contributed by atoms with E-state index in [1.807, 2.05) is 43.3 Å². The molecule has 0 fully saturated rings. The van der Waals surface area contributed by atoms with E-state index >= 15 is 0 Å². The Morgan fingerprint density at radius 1 is 1.19 bits per heavy atom. The number of aryl methyl sites for hydroxylation is 1. The van der Waals surface area contributed by atoms with Crippen LogP contribution >= 0.6 is 0 Å². The minimum absolute atomic E-state index is 0.290. The van der Waals surface area contributed by atoms with Crippen LogP contribution in [0.15, 0.2) is 42.5 Å². The van der Waals surface area contributed by atoms with Gasteiger partial charge < -0.3 is 21.1 Å². The Balaban J connectivity index is 1.89. The minimum Gasteiger partial charge on any atom is -0.497 e. The van der Waals surface area contributed by atoms with Gasteiger partial charge in [0.25, 0.3) is 0 Å². The second kappa shape index (κ2) is 6.65. The van der Waals surface area contributed by atoms with Crippen molar-refractivity contribution in [2.75, 3.05) is 18.2 Å². The molecule has 0 aliphatic rings. The number of urea groups is 1. The van der Waals surface area contributed by atoms with Gasteiger partial charge in [-0.3, -0.25) is 0 Å². The lowest BCUT2D eigenvalue weighted by Gasteiger charge is -2.10. The van der Waals surface area contributed by atoms with Crippen LogP contribution in [0.4, 0.5) is 16.2 Å².